The number of sulfone groups is 1. The van der Waals surface area contributed by atoms with Gasteiger partial charge in [-0.25, -0.2) is 13.4 Å². The molecule has 0 spiro atoms. The summed E-state index contributed by atoms with van der Waals surface area (Å²) in [7, 11) is -0.428. The van der Waals surface area contributed by atoms with Crippen LogP contribution in [0.4, 0.5) is 5.13 Å². The van der Waals surface area contributed by atoms with Crippen LogP contribution in [-0.4, -0.2) is 70.4 Å². The second kappa shape index (κ2) is 9.74. The summed E-state index contributed by atoms with van der Waals surface area (Å²) in [4.78, 5) is 21.4. The monoisotopic (exact) mass is 509 g/mol. The summed E-state index contributed by atoms with van der Waals surface area (Å²) in [6.07, 6.45) is -0.0533. The van der Waals surface area contributed by atoms with Gasteiger partial charge in [0.1, 0.15) is 17.0 Å². The number of piperazine rings is 1. The number of nitrogens with zero attached hydrogens (tertiary/aromatic N) is 3. The highest BCUT2D eigenvalue weighted by Crippen LogP contribution is 2.38. The van der Waals surface area contributed by atoms with Gasteiger partial charge in [0.2, 0.25) is 5.91 Å². The Kier molecular flexibility index (Phi) is 6.96. The first kappa shape index (κ1) is 23.6. The number of halogens is 1. The van der Waals surface area contributed by atoms with Crippen LogP contribution >= 0.6 is 22.9 Å². The van der Waals surface area contributed by atoms with E-state index < -0.39 is 9.84 Å². The molecule has 2 heterocycles. The summed E-state index contributed by atoms with van der Waals surface area (Å²) in [5.74, 6) is 0.857. The van der Waals surface area contributed by atoms with Crippen molar-refractivity contribution in [1.82, 2.24) is 9.88 Å². The Hall–Kier alpha value is -2.56. The highest BCUT2D eigenvalue weighted by molar-refractivity contribution is 7.91. The van der Waals surface area contributed by atoms with Crippen LogP contribution in [0, 0.1) is 0 Å². The van der Waals surface area contributed by atoms with Gasteiger partial charge in [0.25, 0.3) is 0 Å². The molecule has 4 rings (SSSR count). The van der Waals surface area contributed by atoms with Gasteiger partial charge in [-0.2, -0.15) is 0 Å². The molecule has 0 N–H and O–H groups in total. The summed E-state index contributed by atoms with van der Waals surface area (Å²) < 4.78 is 36.5. The molecule has 11 heteroatoms. The van der Waals surface area contributed by atoms with E-state index in [-0.39, 0.29) is 23.0 Å². The van der Waals surface area contributed by atoms with Gasteiger partial charge in [0.15, 0.2) is 15.0 Å². The highest BCUT2D eigenvalue weighted by atomic mass is 35.5. The average molecular weight is 510 g/mol. The first-order valence-electron chi connectivity index (χ1n) is 10.3. The number of rotatable bonds is 7. The second-order valence-electron chi connectivity index (χ2n) is 7.54. The molecule has 1 aliphatic rings. The molecule has 0 atom stereocenters. The lowest BCUT2D eigenvalue weighted by Gasteiger charge is -2.34. The van der Waals surface area contributed by atoms with E-state index in [1.807, 2.05) is 0 Å². The van der Waals surface area contributed by atoms with Crippen LogP contribution < -0.4 is 14.4 Å². The van der Waals surface area contributed by atoms with Crippen molar-refractivity contribution in [2.24, 2.45) is 0 Å². The number of thiazole rings is 1. The minimum Gasteiger partial charge on any atom is -0.497 e. The van der Waals surface area contributed by atoms with Gasteiger partial charge in [-0.3, -0.25) is 4.79 Å². The number of benzene rings is 2. The van der Waals surface area contributed by atoms with Gasteiger partial charge in [-0.05, 0) is 36.4 Å². The number of ether oxygens (including phenoxy) is 2. The maximum atomic E-state index is 12.7. The van der Waals surface area contributed by atoms with E-state index >= 15 is 0 Å². The second-order valence-corrected chi connectivity index (χ2v) is 11.0. The zero-order valence-electron chi connectivity index (χ0n) is 18.3. The smallest absolute Gasteiger partial charge is 0.223 e. The van der Waals surface area contributed by atoms with Crippen molar-refractivity contribution in [3.05, 3.63) is 41.4 Å². The van der Waals surface area contributed by atoms with E-state index in [1.165, 1.54) is 30.6 Å². The van der Waals surface area contributed by atoms with Crippen molar-refractivity contribution >= 4 is 54.0 Å². The zero-order valence-corrected chi connectivity index (χ0v) is 20.7. The Bertz CT molecular complexity index is 1250. The number of carbonyl (C=O) groups is 1. The standard InChI is InChI=1S/C22H24ClN3O5S2/c1-30-15-3-5-16(6-4-15)33(28,29)14-9-19(27)25-10-12-26(13-11-25)22-24-20-18(31-2)8-7-17(23)21(20)32-22/h3-8H,9-14H2,1-2H3. The Labute approximate surface area is 201 Å². The van der Waals surface area contributed by atoms with Gasteiger partial charge >= 0.3 is 0 Å². The lowest BCUT2D eigenvalue weighted by Crippen LogP contribution is -2.49. The molecule has 0 saturated carbocycles. The van der Waals surface area contributed by atoms with E-state index in [2.05, 4.69) is 4.90 Å². The lowest BCUT2D eigenvalue weighted by atomic mass is 10.3. The molecule has 1 aromatic heterocycles. The Balaban J connectivity index is 1.35. The van der Waals surface area contributed by atoms with Crippen molar-refractivity contribution in [3.8, 4) is 11.5 Å². The van der Waals surface area contributed by atoms with Crippen LogP contribution in [-0.2, 0) is 14.6 Å². The van der Waals surface area contributed by atoms with Crippen molar-refractivity contribution < 1.29 is 22.7 Å². The highest BCUT2D eigenvalue weighted by Gasteiger charge is 2.25. The first-order valence-corrected chi connectivity index (χ1v) is 13.2. The third kappa shape index (κ3) is 5.02. The minimum absolute atomic E-state index is 0.0533. The van der Waals surface area contributed by atoms with Crippen molar-refractivity contribution in [1.29, 1.82) is 0 Å². The molecular weight excluding hydrogens is 486 g/mol. The fourth-order valence-corrected chi connectivity index (χ4v) is 6.21. The maximum absolute atomic E-state index is 12.7. The van der Waals surface area contributed by atoms with Gasteiger partial charge < -0.3 is 19.3 Å². The summed E-state index contributed by atoms with van der Waals surface area (Å²) >= 11 is 7.82. The molecule has 0 radical (unpaired) electrons. The SMILES string of the molecule is COc1ccc(S(=O)(=O)CCC(=O)N2CCN(c3nc4c(OC)ccc(Cl)c4s3)CC2)cc1. The van der Waals surface area contributed by atoms with Crippen molar-refractivity contribution in [2.45, 2.75) is 11.3 Å². The molecule has 1 aliphatic heterocycles. The molecule has 1 amide bonds. The number of hydrogen-bond donors (Lipinski definition) is 0. The third-order valence-corrected chi connectivity index (χ3v) is 8.88. The molecule has 0 bridgehead atoms. The summed E-state index contributed by atoms with van der Waals surface area (Å²) in [5, 5.41) is 1.45. The number of amides is 1. The van der Waals surface area contributed by atoms with Crippen LogP contribution in [0.1, 0.15) is 6.42 Å². The number of methoxy groups -OCH3 is 2. The largest absolute Gasteiger partial charge is 0.497 e. The molecule has 0 unspecified atom stereocenters. The van der Waals surface area contributed by atoms with Crippen molar-refractivity contribution in [2.75, 3.05) is 51.1 Å². The fraction of sp³-hybridized carbons (Fsp3) is 0.364. The predicted molar refractivity (Wildman–Crippen MR) is 130 cm³/mol. The number of aromatic nitrogens is 1. The average Bonchev–Trinajstić information content (AvgIpc) is 3.29. The molecule has 176 valence electrons. The molecular formula is C22H24ClN3O5S2. The van der Waals surface area contributed by atoms with Crippen LogP contribution in [0.25, 0.3) is 10.2 Å². The normalized spacial score (nSPS) is 14.5. The fourth-order valence-electron chi connectivity index (χ4n) is 3.67. The quantitative estimate of drug-likeness (QED) is 0.481. The predicted octanol–water partition coefficient (Wildman–Crippen LogP) is 3.48. The van der Waals surface area contributed by atoms with Crippen LogP contribution in [0.15, 0.2) is 41.3 Å². The number of fused-ring (bicyclic) bond motifs is 1. The molecule has 0 aliphatic carbocycles. The van der Waals surface area contributed by atoms with Crippen LogP contribution in [0.3, 0.4) is 0 Å². The van der Waals surface area contributed by atoms with Crippen LogP contribution in [0.5, 0.6) is 11.5 Å². The maximum Gasteiger partial charge on any atom is 0.223 e. The van der Waals surface area contributed by atoms with E-state index in [1.54, 1.807) is 36.3 Å². The number of carbonyl (C=O) groups excluding carboxylic acids is 1. The first-order chi connectivity index (χ1) is 15.8. The number of hydrogen-bond acceptors (Lipinski definition) is 8. The molecule has 3 aromatic rings. The van der Waals surface area contributed by atoms with Gasteiger partial charge in [0.05, 0.1) is 34.6 Å². The summed E-state index contributed by atoms with van der Waals surface area (Å²) in [6, 6.07) is 9.77. The van der Waals surface area contributed by atoms with Gasteiger partial charge in [-0.1, -0.05) is 22.9 Å². The summed E-state index contributed by atoms with van der Waals surface area (Å²) in [5.41, 5.74) is 0.729. The van der Waals surface area contributed by atoms with Gasteiger partial charge in [0, 0.05) is 32.6 Å². The molecule has 1 fully saturated rings. The van der Waals surface area contributed by atoms with E-state index in [0.29, 0.717) is 42.7 Å². The lowest BCUT2D eigenvalue weighted by molar-refractivity contribution is -0.131. The molecule has 8 nitrogen and oxygen atoms in total. The molecule has 33 heavy (non-hydrogen) atoms. The zero-order chi connectivity index (χ0) is 23.6. The molecule has 2 aromatic carbocycles. The number of anilines is 1. The molecule has 1 saturated heterocycles. The van der Waals surface area contributed by atoms with E-state index in [0.717, 1.165) is 15.3 Å². The topological polar surface area (TPSA) is 89.0 Å². The minimum atomic E-state index is -3.54. The Morgan fingerprint density at radius 2 is 1.76 bits per heavy atom. The Morgan fingerprint density at radius 1 is 1.06 bits per heavy atom. The van der Waals surface area contributed by atoms with Gasteiger partial charge in [-0.15, -0.1) is 0 Å². The third-order valence-electron chi connectivity index (χ3n) is 5.57. The van der Waals surface area contributed by atoms with E-state index in [9.17, 15) is 13.2 Å². The summed E-state index contributed by atoms with van der Waals surface area (Å²) in [6.45, 7) is 2.22. The van der Waals surface area contributed by atoms with Crippen LogP contribution in [0.2, 0.25) is 5.02 Å². The Morgan fingerprint density at radius 3 is 2.39 bits per heavy atom. The van der Waals surface area contributed by atoms with Crippen molar-refractivity contribution in [3.63, 3.8) is 0 Å². The van der Waals surface area contributed by atoms with E-state index in [4.69, 9.17) is 26.1 Å².